The van der Waals surface area contributed by atoms with Crippen molar-refractivity contribution in [3.8, 4) is 5.75 Å². The van der Waals surface area contributed by atoms with E-state index in [1.54, 1.807) is 17.0 Å². The molecule has 0 fully saturated rings. The lowest BCUT2D eigenvalue weighted by Gasteiger charge is -2.31. The van der Waals surface area contributed by atoms with Crippen LogP contribution in [0.25, 0.3) is 0 Å². The molecular formula is C29H33ClN2O3. The summed E-state index contributed by atoms with van der Waals surface area (Å²) in [5.74, 6) is 0.189. The van der Waals surface area contributed by atoms with Crippen molar-refractivity contribution >= 4 is 23.4 Å². The summed E-state index contributed by atoms with van der Waals surface area (Å²) in [7, 11) is 0. The van der Waals surface area contributed by atoms with Gasteiger partial charge >= 0.3 is 0 Å². The van der Waals surface area contributed by atoms with Gasteiger partial charge < -0.3 is 15.0 Å². The molecule has 0 heterocycles. The molecule has 1 N–H and O–H groups in total. The second kappa shape index (κ2) is 13.5. The number of aryl methyl sites for hydroxylation is 1. The first kappa shape index (κ1) is 26.3. The van der Waals surface area contributed by atoms with Crippen molar-refractivity contribution in [2.24, 2.45) is 0 Å². The third-order valence-corrected chi connectivity index (χ3v) is 6.00. The standard InChI is InChI=1S/C29H33ClN2O3/c1-3-4-18-31-29(34)27(19-23-8-6-5-7-9-23)32(20-24-12-14-25(30)15-13-24)28(33)21-35-26-16-10-22(2)11-17-26/h5-17,27H,3-4,18-21H2,1-2H3,(H,31,34)/t27-/m1/s1. The van der Waals surface area contributed by atoms with E-state index in [9.17, 15) is 9.59 Å². The number of carbonyl (C=O) groups excluding carboxylic acids is 2. The van der Waals surface area contributed by atoms with Crippen LogP contribution in [0.15, 0.2) is 78.9 Å². The number of halogens is 1. The van der Waals surface area contributed by atoms with E-state index in [0.717, 1.165) is 29.5 Å². The number of nitrogens with zero attached hydrogens (tertiary/aromatic N) is 1. The lowest BCUT2D eigenvalue weighted by atomic mass is 10.0. The average molecular weight is 493 g/mol. The maximum Gasteiger partial charge on any atom is 0.261 e. The fourth-order valence-electron chi connectivity index (χ4n) is 3.71. The molecule has 3 aromatic rings. The summed E-state index contributed by atoms with van der Waals surface area (Å²) in [6.07, 6.45) is 2.26. The molecule has 0 aliphatic rings. The summed E-state index contributed by atoms with van der Waals surface area (Å²) in [5.41, 5.74) is 2.98. The highest BCUT2D eigenvalue weighted by atomic mass is 35.5. The predicted octanol–water partition coefficient (Wildman–Crippen LogP) is 5.58. The van der Waals surface area contributed by atoms with Gasteiger partial charge in [0.25, 0.3) is 5.91 Å². The summed E-state index contributed by atoms with van der Waals surface area (Å²) in [4.78, 5) is 28.5. The SMILES string of the molecule is CCCCNC(=O)[C@@H](Cc1ccccc1)N(Cc1ccc(Cl)cc1)C(=O)COc1ccc(C)cc1. The number of rotatable bonds is 12. The third kappa shape index (κ3) is 8.45. The van der Waals surface area contributed by atoms with Crippen LogP contribution < -0.4 is 10.1 Å². The first-order valence-corrected chi connectivity index (χ1v) is 12.4. The van der Waals surface area contributed by atoms with Crippen LogP contribution in [0.4, 0.5) is 0 Å². The zero-order valence-corrected chi connectivity index (χ0v) is 21.1. The monoisotopic (exact) mass is 492 g/mol. The molecule has 184 valence electrons. The van der Waals surface area contributed by atoms with Crippen molar-refractivity contribution in [3.63, 3.8) is 0 Å². The highest BCUT2D eigenvalue weighted by molar-refractivity contribution is 6.30. The molecule has 0 aromatic heterocycles. The van der Waals surface area contributed by atoms with E-state index in [1.165, 1.54) is 0 Å². The quantitative estimate of drug-likeness (QED) is 0.335. The van der Waals surface area contributed by atoms with Gasteiger partial charge in [-0.25, -0.2) is 0 Å². The minimum atomic E-state index is -0.681. The van der Waals surface area contributed by atoms with Gasteiger partial charge in [0.05, 0.1) is 0 Å². The molecule has 0 aliphatic carbocycles. The second-order valence-corrected chi connectivity index (χ2v) is 9.04. The summed E-state index contributed by atoms with van der Waals surface area (Å²) >= 11 is 6.07. The zero-order valence-electron chi connectivity index (χ0n) is 20.4. The van der Waals surface area contributed by atoms with Crippen molar-refractivity contribution < 1.29 is 14.3 Å². The number of benzene rings is 3. The molecule has 0 spiro atoms. The molecule has 3 aromatic carbocycles. The number of nitrogens with one attached hydrogen (secondary N) is 1. The number of unbranched alkanes of at least 4 members (excludes halogenated alkanes) is 1. The van der Waals surface area contributed by atoms with Crippen LogP contribution in [0, 0.1) is 6.92 Å². The van der Waals surface area contributed by atoms with Crippen molar-refractivity contribution in [3.05, 3.63) is 101 Å². The van der Waals surface area contributed by atoms with Crippen molar-refractivity contribution in [1.82, 2.24) is 10.2 Å². The normalized spacial score (nSPS) is 11.5. The van der Waals surface area contributed by atoms with Crippen LogP contribution in [-0.4, -0.2) is 35.9 Å². The molecule has 5 nitrogen and oxygen atoms in total. The van der Waals surface area contributed by atoms with Crippen molar-refractivity contribution in [2.75, 3.05) is 13.2 Å². The molecule has 0 radical (unpaired) electrons. The topological polar surface area (TPSA) is 58.6 Å². The maximum atomic E-state index is 13.5. The molecule has 0 saturated carbocycles. The molecule has 1 atom stereocenters. The van der Waals surface area contributed by atoms with Gasteiger partial charge in [-0.1, -0.05) is 85.1 Å². The van der Waals surface area contributed by atoms with Gasteiger partial charge in [0.1, 0.15) is 11.8 Å². The van der Waals surface area contributed by atoms with Crippen LogP contribution in [0.5, 0.6) is 5.75 Å². The minimum absolute atomic E-state index is 0.163. The molecule has 0 bridgehead atoms. The van der Waals surface area contributed by atoms with E-state index in [-0.39, 0.29) is 25.0 Å². The van der Waals surface area contributed by atoms with E-state index in [2.05, 4.69) is 12.2 Å². The molecule has 2 amide bonds. The third-order valence-electron chi connectivity index (χ3n) is 5.75. The Bertz CT molecular complexity index is 1070. The fourth-order valence-corrected chi connectivity index (χ4v) is 3.84. The highest BCUT2D eigenvalue weighted by Crippen LogP contribution is 2.18. The fraction of sp³-hybridized carbons (Fsp3) is 0.310. The van der Waals surface area contributed by atoms with E-state index < -0.39 is 6.04 Å². The maximum absolute atomic E-state index is 13.5. The van der Waals surface area contributed by atoms with E-state index >= 15 is 0 Å². The van der Waals surface area contributed by atoms with Crippen LogP contribution in [0.3, 0.4) is 0 Å². The lowest BCUT2D eigenvalue weighted by Crippen LogP contribution is -2.51. The molecule has 35 heavy (non-hydrogen) atoms. The Morgan fingerprint density at radius 3 is 2.29 bits per heavy atom. The summed E-state index contributed by atoms with van der Waals surface area (Å²) in [6.45, 7) is 4.75. The Morgan fingerprint density at radius 2 is 1.63 bits per heavy atom. The molecule has 0 unspecified atom stereocenters. The Morgan fingerprint density at radius 1 is 0.943 bits per heavy atom. The van der Waals surface area contributed by atoms with Gasteiger partial charge in [0, 0.05) is 24.5 Å². The number of carbonyl (C=O) groups is 2. The largest absolute Gasteiger partial charge is 0.484 e. The Balaban J connectivity index is 1.86. The van der Waals surface area contributed by atoms with Gasteiger partial charge in [-0.3, -0.25) is 9.59 Å². The first-order chi connectivity index (χ1) is 17.0. The van der Waals surface area contributed by atoms with Gasteiger partial charge in [-0.15, -0.1) is 0 Å². The van der Waals surface area contributed by atoms with Gasteiger partial charge in [-0.05, 0) is 48.7 Å². The molecular weight excluding hydrogens is 460 g/mol. The van der Waals surface area contributed by atoms with Crippen molar-refractivity contribution in [1.29, 1.82) is 0 Å². The Hall–Kier alpha value is -3.31. The van der Waals surface area contributed by atoms with Crippen LogP contribution in [0.2, 0.25) is 5.02 Å². The molecule has 6 heteroatoms. The van der Waals surface area contributed by atoms with E-state index in [4.69, 9.17) is 16.3 Å². The number of hydrogen-bond donors (Lipinski definition) is 1. The van der Waals surface area contributed by atoms with Gasteiger partial charge in [-0.2, -0.15) is 0 Å². The Labute approximate surface area is 213 Å². The average Bonchev–Trinajstić information content (AvgIpc) is 2.87. The van der Waals surface area contributed by atoms with Crippen LogP contribution in [0.1, 0.15) is 36.5 Å². The number of ether oxygens (including phenoxy) is 1. The number of hydrogen-bond acceptors (Lipinski definition) is 3. The van der Waals surface area contributed by atoms with Gasteiger partial charge in [0.2, 0.25) is 5.91 Å². The summed E-state index contributed by atoms with van der Waals surface area (Å²) in [6, 6.07) is 23.9. The second-order valence-electron chi connectivity index (χ2n) is 8.60. The van der Waals surface area contributed by atoms with E-state index in [1.807, 2.05) is 73.7 Å². The zero-order chi connectivity index (χ0) is 25.0. The smallest absolute Gasteiger partial charge is 0.261 e. The highest BCUT2D eigenvalue weighted by Gasteiger charge is 2.30. The molecule has 0 saturated heterocycles. The molecule has 3 rings (SSSR count). The summed E-state index contributed by atoms with van der Waals surface area (Å²) in [5, 5.41) is 3.64. The Kier molecular flexibility index (Phi) is 10.2. The lowest BCUT2D eigenvalue weighted by molar-refractivity contribution is -0.142. The predicted molar refractivity (Wildman–Crippen MR) is 141 cm³/mol. The number of amides is 2. The van der Waals surface area contributed by atoms with E-state index in [0.29, 0.717) is 23.7 Å². The first-order valence-electron chi connectivity index (χ1n) is 12.0. The minimum Gasteiger partial charge on any atom is -0.484 e. The van der Waals surface area contributed by atoms with Gasteiger partial charge in [0.15, 0.2) is 6.61 Å². The van der Waals surface area contributed by atoms with Crippen LogP contribution in [-0.2, 0) is 22.6 Å². The summed E-state index contributed by atoms with van der Waals surface area (Å²) < 4.78 is 5.80. The van der Waals surface area contributed by atoms with Crippen molar-refractivity contribution in [2.45, 2.75) is 45.7 Å². The molecule has 0 aliphatic heterocycles. The van der Waals surface area contributed by atoms with Crippen LogP contribution >= 0.6 is 11.6 Å².